The van der Waals surface area contributed by atoms with E-state index >= 15 is 0 Å². The number of hydrogen-bond acceptors (Lipinski definition) is 5. The summed E-state index contributed by atoms with van der Waals surface area (Å²) in [5.41, 5.74) is -0.776. The van der Waals surface area contributed by atoms with Gasteiger partial charge in [0.25, 0.3) is 5.91 Å². The quantitative estimate of drug-likeness (QED) is 0.867. The van der Waals surface area contributed by atoms with E-state index in [2.05, 4.69) is 15.3 Å². The molecule has 0 saturated carbocycles. The van der Waals surface area contributed by atoms with Crippen molar-refractivity contribution < 1.29 is 22.8 Å². The number of benzene rings is 1. The summed E-state index contributed by atoms with van der Waals surface area (Å²) in [5.74, 6) is -0.370. The monoisotopic (exact) mass is 393 g/mol. The highest BCUT2D eigenvalue weighted by molar-refractivity contribution is 5.94. The van der Waals surface area contributed by atoms with Crippen LogP contribution in [0.5, 0.6) is 0 Å². The Balaban J connectivity index is 1.68. The molecule has 1 aliphatic rings. The van der Waals surface area contributed by atoms with Gasteiger partial charge in [-0.1, -0.05) is 12.1 Å². The SMILES string of the molecule is CC(=O)N1CCN(C(=O)c2cnc(Nc3ccccc3C(F)(F)F)nc2)CC1. The number of amides is 2. The van der Waals surface area contributed by atoms with Crippen molar-refractivity contribution in [3.05, 3.63) is 47.8 Å². The molecule has 1 N–H and O–H groups in total. The molecule has 1 aromatic heterocycles. The van der Waals surface area contributed by atoms with E-state index < -0.39 is 11.7 Å². The number of nitrogens with one attached hydrogen (secondary N) is 1. The van der Waals surface area contributed by atoms with Gasteiger partial charge in [0.2, 0.25) is 11.9 Å². The molecule has 1 fully saturated rings. The van der Waals surface area contributed by atoms with Crippen LogP contribution in [0.25, 0.3) is 0 Å². The maximum absolute atomic E-state index is 13.0. The molecule has 2 aromatic rings. The second kappa shape index (κ2) is 7.83. The van der Waals surface area contributed by atoms with E-state index in [1.807, 2.05) is 0 Å². The van der Waals surface area contributed by atoms with Crippen LogP contribution in [0.2, 0.25) is 0 Å². The molecule has 2 heterocycles. The molecule has 0 atom stereocenters. The molecule has 2 amide bonds. The molecule has 10 heteroatoms. The number of carbonyl (C=O) groups excluding carboxylic acids is 2. The summed E-state index contributed by atoms with van der Waals surface area (Å²) in [6.07, 6.45) is -1.97. The molecule has 0 bridgehead atoms. The molecule has 0 aliphatic carbocycles. The Morgan fingerprint density at radius 3 is 2.14 bits per heavy atom. The van der Waals surface area contributed by atoms with Crippen LogP contribution in [0.4, 0.5) is 24.8 Å². The molecular formula is C18H18F3N5O2. The zero-order chi connectivity index (χ0) is 20.3. The Labute approximate surface area is 159 Å². The lowest BCUT2D eigenvalue weighted by Gasteiger charge is -2.34. The number of piperazine rings is 1. The van der Waals surface area contributed by atoms with Crippen LogP contribution in [0, 0.1) is 0 Å². The first-order valence-electron chi connectivity index (χ1n) is 8.56. The fraction of sp³-hybridized carbons (Fsp3) is 0.333. The average molecular weight is 393 g/mol. The summed E-state index contributed by atoms with van der Waals surface area (Å²) in [4.78, 5) is 35.0. The van der Waals surface area contributed by atoms with Gasteiger partial charge in [-0.05, 0) is 12.1 Å². The van der Waals surface area contributed by atoms with E-state index in [4.69, 9.17) is 0 Å². The van der Waals surface area contributed by atoms with Crippen LogP contribution in [0.1, 0.15) is 22.8 Å². The van der Waals surface area contributed by atoms with Crippen molar-refractivity contribution >= 4 is 23.5 Å². The van der Waals surface area contributed by atoms with E-state index in [0.717, 1.165) is 6.07 Å². The number of halogens is 3. The van der Waals surface area contributed by atoms with E-state index in [0.29, 0.717) is 26.2 Å². The second-order valence-corrected chi connectivity index (χ2v) is 6.26. The molecule has 1 aliphatic heterocycles. The molecule has 148 valence electrons. The summed E-state index contributed by atoms with van der Waals surface area (Å²) in [7, 11) is 0. The Morgan fingerprint density at radius 2 is 1.57 bits per heavy atom. The van der Waals surface area contributed by atoms with E-state index in [1.165, 1.54) is 37.5 Å². The van der Waals surface area contributed by atoms with Crippen molar-refractivity contribution in [2.24, 2.45) is 0 Å². The van der Waals surface area contributed by atoms with Gasteiger partial charge < -0.3 is 15.1 Å². The van der Waals surface area contributed by atoms with Gasteiger partial charge in [0.15, 0.2) is 0 Å². The minimum absolute atomic E-state index is 0.0370. The first kappa shape index (κ1) is 19.6. The third-order valence-electron chi connectivity index (χ3n) is 4.39. The number of hydrogen-bond donors (Lipinski definition) is 1. The van der Waals surface area contributed by atoms with Gasteiger partial charge in [-0.25, -0.2) is 9.97 Å². The van der Waals surface area contributed by atoms with Gasteiger partial charge >= 0.3 is 6.18 Å². The standard InChI is InChI=1S/C18H18F3N5O2/c1-12(27)25-6-8-26(9-7-25)16(28)13-10-22-17(23-11-13)24-15-5-3-2-4-14(15)18(19,20)21/h2-5,10-11H,6-9H2,1H3,(H,22,23,24). The lowest BCUT2D eigenvalue weighted by molar-refractivity contribution is -0.137. The molecule has 28 heavy (non-hydrogen) atoms. The predicted octanol–water partition coefficient (Wildman–Crippen LogP) is 2.54. The highest BCUT2D eigenvalue weighted by Crippen LogP contribution is 2.35. The van der Waals surface area contributed by atoms with Gasteiger partial charge in [0.1, 0.15) is 0 Å². The van der Waals surface area contributed by atoms with Crippen LogP contribution in [-0.2, 0) is 11.0 Å². The van der Waals surface area contributed by atoms with Crippen molar-refractivity contribution in [3.63, 3.8) is 0 Å². The van der Waals surface area contributed by atoms with Crippen molar-refractivity contribution in [1.82, 2.24) is 19.8 Å². The topological polar surface area (TPSA) is 78.4 Å². The number of anilines is 2. The van der Waals surface area contributed by atoms with Gasteiger partial charge in [-0.15, -0.1) is 0 Å². The van der Waals surface area contributed by atoms with Crippen molar-refractivity contribution in [2.45, 2.75) is 13.1 Å². The van der Waals surface area contributed by atoms with Crippen LogP contribution in [0.15, 0.2) is 36.7 Å². The lowest BCUT2D eigenvalue weighted by atomic mass is 10.1. The number of nitrogens with zero attached hydrogens (tertiary/aromatic N) is 4. The van der Waals surface area contributed by atoms with Crippen molar-refractivity contribution in [3.8, 4) is 0 Å². The van der Waals surface area contributed by atoms with E-state index in [1.54, 1.807) is 9.80 Å². The summed E-state index contributed by atoms with van der Waals surface area (Å²) >= 11 is 0. The molecule has 0 unspecified atom stereocenters. The third kappa shape index (κ3) is 4.38. The van der Waals surface area contributed by atoms with Gasteiger partial charge in [0, 0.05) is 45.5 Å². The van der Waals surface area contributed by atoms with Gasteiger partial charge in [-0.3, -0.25) is 9.59 Å². The maximum atomic E-state index is 13.0. The minimum atomic E-state index is -4.51. The predicted molar refractivity (Wildman–Crippen MR) is 94.9 cm³/mol. The molecular weight excluding hydrogens is 375 g/mol. The lowest BCUT2D eigenvalue weighted by Crippen LogP contribution is -2.50. The maximum Gasteiger partial charge on any atom is 0.418 e. The average Bonchev–Trinajstić information content (AvgIpc) is 2.68. The number of alkyl halides is 3. The number of aromatic nitrogens is 2. The van der Waals surface area contributed by atoms with Gasteiger partial charge in [-0.2, -0.15) is 13.2 Å². The smallest absolute Gasteiger partial charge is 0.339 e. The molecule has 0 radical (unpaired) electrons. The van der Waals surface area contributed by atoms with E-state index in [9.17, 15) is 22.8 Å². The van der Waals surface area contributed by atoms with Crippen molar-refractivity contribution in [1.29, 1.82) is 0 Å². The third-order valence-corrected chi connectivity index (χ3v) is 4.39. The summed E-state index contributed by atoms with van der Waals surface area (Å²) in [6.45, 7) is 3.19. The zero-order valence-electron chi connectivity index (χ0n) is 15.0. The molecule has 7 nitrogen and oxygen atoms in total. The Kier molecular flexibility index (Phi) is 5.48. The van der Waals surface area contributed by atoms with Crippen LogP contribution >= 0.6 is 0 Å². The Morgan fingerprint density at radius 1 is 1.00 bits per heavy atom. The first-order valence-corrected chi connectivity index (χ1v) is 8.56. The number of rotatable bonds is 3. The number of para-hydroxylation sites is 1. The highest BCUT2D eigenvalue weighted by Gasteiger charge is 2.33. The van der Waals surface area contributed by atoms with Crippen LogP contribution in [-0.4, -0.2) is 57.8 Å². The summed E-state index contributed by atoms with van der Waals surface area (Å²) in [5, 5.41) is 2.53. The van der Waals surface area contributed by atoms with Gasteiger partial charge in [0.05, 0.1) is 16.8 Å². The highest BCUT2D eigenvalue weighted by atomic mass is 19.4. The second-order valence-electron chi connectivity index (χ2n) is 6.26. The largest absolute Gasteiger partial charge is 0.418 e. The van der Waals surface area contributed by atoms with Crippen LogP contribution in [0.3, 0.4) is 0 Å². The Bertz CT molecular complexity index is 862. The van der Waals surface area contributed by atoms with Crippen LogP contribution < -0.4 is 5.32 Å². The summed E-state index contributed by atoms with van der Waals surface area (Å²) in [6, 6.07) is 5.00. The molecule has 3 rings (SSSR count). The normalized spacial score (nSPS) is 14.7. The number of carbonyl (C=O) groups is 2. The van der Waals surface area contributed by atoms with Crippen molar-refractivity contribution in [2.75, 3.05) is 31.5 Å². The Hall–Kier alpha value is -3.17. The summed E-state index contributed by atoms with van der Waals surface area (Å²) < 4.78 is 39.1. The fourth-order valence-corrected chi connectivity index (χ4v) is 2.87. The first-order chi connectivity index (χ1) is 13.3. The fourth-order valence-electron chi connectivity index (χ4n) is 2.87. The van der Waals surface area contributed by atoms with E-state index in [-0.39, 0.29) is 29.0 Å². The zero-order valence-corrected chi connectivity index (χ0v) is 15.0. The molecule has 0 spiro atoms. The molecule has 1 aromatic carbocycles. The minimum Gasteiger partial charge on any atom is -0.339 e. The molecule has 1 saturated heterocycles.